The molecule has 0 aliphatic heterocycles. The van der Waals surface area contributed by atoms with Crippen molar-refractivity contribution in [2.45, 2.75) is 19.9 Å². The maximum atomic E-state index is 3.96. The van der Waals surface area contributed by atoms with E-state index in [-0.39, 0.29) is 58.2 Å². The van der Waals surface area contributed by atoms with Gasteiger partial charge in [-0.1, -0.05) is 0 Å². The van der Waals surface area contributed by atoms with Crippen LogP contribution in [-0.4, -0.2) is 17.8 Å². The largest absolute Gasteiger partial charge is 1.00 e. The molecule has 0 amide bonds. The molecule has 0 saturated carbocycles. The average molecular weight is 202 g/mol. The molecule has 0 saturated heterocycles. The van der Waals surface area contributed by atoms with E-state index in [1.54, 1.807) is 0 Å². The first kappa shape index (κ1) is 12.5. The van der Waals surface area contributed by atoms with Gasteiger partial charge in [-0.25, -0.2) is 0 Å². The number of nitrogens with zero attached hydrogens (tertiary/aromatic N) is 1. The van der Waals surface area contributed by atoms with Gasteiger partial charge in [0, 0.05) is 6.04 Å². The molecule has 0 aliphatic rings. The Hall–Kier alpha value is 1.83. The van der Waals surface area contributed by atoms with E-state index in [0.29, 0.717) is 6.04 Å². The maximum absolute atomic E-state index is 3.96. The third-order valence-electron chi connectivity index (χ3n) is 0.402. The summed E-state index contributed by atoms with van der Waals surface area (Å²) in [6, 6.07) is 0.396. The minimum absolute atomic E-state index is 0. The Bertz CT molecular complexity index is 63.4. The molecule has 0 spiro atoms. The smallest absolute Gasteiger partial charge is 0.490 e. The zero-order chi connectivity index (χ0) is 5.70. The topological polar surface area (TPSA) is 12.4 Å². The van der Waals surface area contributed by atoms with Gasteiger partial charge in [0.2, 0.25) is 0 Å². The van der Waals surface area contributed by atoms with Crippen LogP contribution in [0.4, 0.5) is 0 Å². The van der Waals surface area contributed by atoms with E-state index in [1.807, 2.05) is 20.1 Å². The molecule has 0 fully saturated rings. The van der Waals surface area contributed by atoms with Crippen molar-refractivity contribution in [3.63, 3.8) is 0 Å². The molecule has 0 rings (SSSR count). The standard InChI is InChI=1S/C5H10NS.Rb/c1-5(2)6-4-7-3;/h5H,1-3H3;/q-1;+1. The monoisotopic (exact) mass is 201 g/mol. The van der Waals surface area contributed by atoms with Gasteiger partial charge in [-0.05, 0) is 20.1 Å². The van der Waals surface area contributed by atoms with Gasteiger partial charge in [-0.2, -0.15) is 0 Å². The average Bonchev–Trinajstić information content (AvgIpc) is 1.61. The summed E-state index contributed by atoms with van der Waals surface area (Å²) in [6.45, 7) is 4.06. The van der Waals surface area contributed by atoms with Gasteiger partial charge in [-0.3, -0.25) is 0 Å². The molecule has 0 aromatic carbocycles. The molecule has 0 unspecified atom stereocenters. The molecule has 0 atom stereocenters. The SMILES string of the molecule is CS[C-]=NC(C)C.[Rb+]. The van der Waals surface area contributed by atoms with E-state index in [1.165, 1.54) is 11.8 Å². The molecule has 0 heterocycles. The molecule has 0 radical (unpaired) electrons. The van der Waals surface area contributed by atoms with Crippen molar-refractivity contribution in [1.82, 2.24) is 0 Å². The van der Waals surface area contributed by atoms with Crippen molar-refractivity contribution in [2.24, 2.45) is 4.99 Å². The Morgan fingerprint density at radius 1 is 1.50 bits per heavy atom. The maximum Gasteiger partial charge on any atom is 1.00 e. The Balaban J connectivity index is 0. The molecular weight excluding hydrogens is 192 g/mol. The van der Waals surface area contributed by atoms with Crippen LogP contribution in [0.1, 0.15) is 13.8 Å². The Morgan fingerprint density at radius 3 is 2.12 bits per heavy atom. The zero-order valence-electron chi connectivity index (χ0n) is 5.93. The Morgan fingerprint density at radius 2 is 2.00 bits per heavy atom. The molecule has 0 aromatic heterocycles. The van der Waals surface area contributed by atoms with Crippen molar-refractivity contribution in [3.05, 3.63) is 0 Å². The van der Waals surface area contributed by atoms with E-state index >= 15 is 0 Å². The van der Waals surface area contributed by atoms with Crippen LogP contribution in [0.25, 0.3) is 0 Å². The second-order valence-electron chi connectivity index (χ2n) is 1.52. The quantitative estimate of drug-likeness (QED) is 0.306. The first-order valence-corrected chi connectivity index (χ1v) is 3.47. The summed E-state index contributed by atoms with van der Waals surface area (Å²) in [7, 11) is 0. The number of thioether (sulfide) groups is 1. The Labute approximate surface area is 105 Å². The van der Waals surface area contributed by atoms with E-state index in [4.69, 9.17) is 0 Å². The van der Waals surface area contributed by atoms with Crippen LogP contribution < -0.4 is 58.2 Å². The van der Waals surface area contributed by atoms with Crippen LogP contribution >= 0.6 is 11.8 Å². The van der Waals surface area contributed by atoms with Crippen LogP contribution in [0.3, 0.4) is 0 Å². The second-order valence-corrected chi connectivity index (χ2v) is 2.11. The van der Waals surface area contributed by atoms with E-state index in [2.05, 4.69) is 10.5 Å². The predicted octanol–water partition coefficient (Wildman–Crippen LogP) is -1.33. The minimum atomic E-state index is 0. The van der Waals surface area contributed by atoms with Gasteiger partial charge in [0.05, 0.1) is 0 Å². The number of aliphatic imine (C=N–C) groups is 1. The molecule has 3 heteroatoms. The van der Waals surface area contributed by atoms with Gasteiger partial charge in [0.15, 0.2) is 0 Å². The zero-order valence-corrected chi connectivity index (χ0v) is 11.7. The van der Waals surface area contributed by atoms with E-state index in [9.17, 15) is 0 Å². The van der Waals surface area contributed by atoms with Crippen LogP contribution in [-0.2, 0) is 0 Å². The summed E-state index contributed by atoms with van der Waals surface area (Å²) < 4.78 is 0. The van der Waals surface area contributed by atoms with Crippen molar-refractivity contribution in [1.29, 1.82) is 0 Å². The number of rotatable bonds is 2. The van der Waals surface area contributed by atoms with Crippen LogP contribution in [0.2, 0.25) is 0 Å². The molecular formula is C5H10NRbS. The van der Waals surface area contributed by atoms with Gasteiger partial charge in [0.1, 0.15) is 0 Å². The number of hydrogen-bond donors (Lipinski definition) is 0. The van der Waals surface area contributed by atoms with Gasteiger partial charge < -0.3 is 22.3 Å². The fraction of sp³-hybridized carbons (Fsp3) is 0.800. The molecule has 42 valence electrons. The van der Waals surface area contributed by atoms with Crippen molar-refractivity contribution < 1.29 is 58.2 Å². The summed E-state index contributed by atoms with van der Waals surface area (Å²) >= 11 is 1.51. The summed E-state index contributed by atoms with van der Waals surface area (Å²) in [6.07, 6.45) is 1.95. The van der Waals surface area contributed by atoms with Crippen molar-refractivity contribution in [2.75, 3.05) is 6.26 Å². The molecule has 0 bridgehead atoms. The Kier molecular flexibility index (Phi) is 13.8. The van der Waals surface area contributed by atoms with Crippen molar-refractivity contribution >= 4 is 17.3 Å². The van der Waals surface area contributed by atoms with E-state index in [0.717, 1.165) is 0 Å². The molecule has 0 aromatic rings. The third-order valence-corrected chi connectivity index (χ3v) is 0.690. The van der Waals surface area contributed by atoms with Crippen molar-refractivity contribution in [3.8, 4) is 0 Å². The van der Waals surface area contributed by atoms with Gasteiger partial charge in [-0.15, -0.1) is 0 Å². The van der Waals surface area contributed by atoms with Crippen LogP contribution in [0, 0.1) is 0 Å². The first-order valence-electron chi connectivity index (χ1n) is 2.25. The summed E-state index contributed by atoms with van der Waals surface area (Å²) in [5.41, 5.74) is 2.79. The minimum Gasteiger partial charge on any atom is -0.490 e. The normalized spacial score (nSPS) is 10.0. The van der Waals surface area contributed by atoms with E-state index < -0.39 is 0 Å². The molecule has 0 N–H and O–H groups in total. The number of hydrogen-bond acceptors (Lipinski definition) is 2. The van der Waals surface area contributed by atoms with Crippen LogP contribution in [0.15, 0.2) is 4.99 Å². The van der Waals surface area contributed by atoms with Gasteiger partial charge >= 0.3 is 58.2 Å². The second kappa shape index (κ2) is 8.83. The predicted molar refractivity (Wildman–Crippen MR) is 36.1 cm³/mol. The summed E-state index contributed by atoms with van der Waals surface area (Å²) in [5.74, 6) is 0. The fourth-order valence-electron chi connectivity index (χ4n) is 0.158. The summed E-state index contributed by atoms with van der Waals surface area (Å²) in [4.78, 5) is 3.96. The first-order chi connectivity index (χ1) is 3.27. The fourth-order valence-corrected chi connectivity index (χ4v) is 0.474. The molecule has 8 heavy (non-hydrogen) atoms. The molecule has 1 nitrogen and oxygen atoms in total. The van der Waals surface area contributed by atoms with Crippen LogP contribution in [0.5, 0.6) is 0 Å². The van der Waals surface area contributed by atoms with Gasteiger partial charge in [0.25, 0.3) is 0 Å². The third kappa shape index (κ3) is 10.7. The molecule has 0 aliphatic carbocycles. The summed E-state index contributed by atoms with van der Waals surface area (Å²) in [5, 5.41) is 0.